The molecule has 2 aliphatic carbocycles. The van der Waals surface area contributed by atoms with Crippen LogP contribution in [-0.2, 0) is 19.2 Å². The third kappa shape index (κ3) is 4.92. The summed E-state index contributed by atoms with van der Waals surface area (Å²) in [5, 5.41) is 7.73. The van der Waals surface area contributed by atoms with Crippen LogP contribution in [0.3, 0.4) is 0 Å². The molecular weight excluding hydrogens is 450 g/mol. The van der Waals surface area contributed by atoms with Crippen molar-refractivity contribution in [3.8, 4) is 0 Å². The largest absolute Gasteiger partial charge is 0.366 e. The van der Waals surface area contributed by atoms with E-state index in [1.54, 1.807) is 0 Å². The van der Waals surface area contributed by atoms with Gasteiger partial charge in [0.1, 0.15) is 5.92 Å². The van der Waals surface area contributed by atoms with Crippen LogP contribution in [0.2, 0.25) is 0 Å². The molecule has 11 heteroatoms. The van der Waals surface area contributed by atoms with Crippen LogP contribution in [0.1, 0.15) is 60.9 Å². The summed E-state index contributed by atoms with van der Waals surface area (Å²) in [6.45, 7) is 1.81. The van der Waals surface area contributed by atoms with E-state index in [2.05, 4.69) is 16.0 Å². The number of alkyl halides is 2. The van der Waals surface area contributed by atoms with Crippen LogP contribution in [-0.4, -0.2) is 47.4 Å². The zero-order chi connectivity index (χ0) is 24.8. The molecule has 0 spiro atoms. The number of hydrogen-bond acceptors (Lipinski definition) is 5. The number of nitrogens with one attached hydrogen (secondary N) is 3. The van der Waals surface area contributed by atoms with Gasteiger partial charge >= 0.3 is 0 Å². The number of amides is 4. The second-order valence-corrected chi connectivity index (χ2v) is 9.38. The minimum absolute atomic E-state index is 0.0578. The predicted octanol–water partition coefficient (Wildman–Crippen LogP) is 1.23. The third-order valence-corrected chi connectivity index (χ3v) is 6.50. The average Bonchev–Trinajstić information content (AvgIpc) is 3.66. The molecule has 34 heavy (non-hydrogen) atoms. The maximum Gasteiger partial charge on any atom is 0.288 e. The van der Waals surface area contributed by atoms with Crippen LogP contribution in [0, 0.1) is 11.8 Å². The molecule has 4 amide bonds. The molecule has 2 saturated carbocycles. The molecule has 5 N–H and O–H groups in total. The van der Waals surface area contributed by atoms with E-state index in [1.807, 2.05) is 6.92 Å². The van der Waals surface area contributed by atoms with Gasteiger partial charge in [0.2, 0.25) is 17.6 Å². The lowest BCUT2D eigenvalue weighted by Crippen LogP contribution is -2.37. The Morgan fingerprint density at radius 2 is 1.91 bits per heavy atom. The normalized spacial score (nSPS) is 25.7. The number of anilines is 1. The molecule has 0 aromatic heterocycles. The fourth-order valence-corrected chi connectivity index (χ4v) is 4.37. The van der Waals surface area contributed by atoms with Crippen LogP contribution >= 0.6 is 0 Å². The molecule has 1 aromatic carbocycles. The second kappa shape index (κ2) is 8.77. The Balaban J connectivity index is 1.71. The Kier molecular flexibility index (Phi) is 6.13. The van der Waals surface area contributed by atoms with Crippen LogP contribution in [0.25, 0.3) is 0 Å². The van der Waals surface area contributed by atoms with Gasteiger partial charge in [0.15, 0.2) is 0 Å². The van der Waals surface area contributed by atoms with E-state index in [9.17, 15) is 32.8 Å². The molecule has 4 rings (SSSR count). The van der Waals surface area contributed by atoms with Gasteiger partial charge in [-0.3, -0.25) is 24.0 Å². The van der Waals surface area contributed by atoms with Crippen molar-refractivity contribution in [2.24, 2.45) is 17.6 Å². The van der Waals surface area contributed by atoms with E-state index in [0.717, 1.165) is 12.8 Å². The summed E-state index contributed by atoms with van der Waals surface area (Å²) in [5.74, 6) is -10.4. The summed E-state index contributed by atoms with van der Waals surface area (Å²) in [5.41, 5.74) is 5.16. The standard InChI is InChI=1S/C23H26F2N4O5/c1-10-7-11(20(32)27-10)8-15(18(30)22(34)28-12-5-6-12)13-3-2-4-14(19(26)31)17(13)29-21(33)16-9-23(16,24)25/h2-4,10-12,15-16H,5-9H2,1H3,(H2,26,31)(H,27,32)(H,28,34)(H,29,33)/t10-,11-,15+,16-/m1/s1. The Bertz CT molecular complexity index is 1070. The summed E-state index contributed by atoms with van der Waals surface area (Å²) < 4.78 is 27.0. The molecule has 1 saturated heterocycles. The van der Waals surface area contributed by atoms with Crippen molar-refractivity contribution in [2.45, 2.75) is 63.0 Å². The highest BCUT2D eigenvalue weighted by Crippen LogP contribution is 2.49. The number of ketones is 1. The van der Waals surface area contributed by atoms with Gasteiger partial charge in [-0.1, -0.05) is 12.1 Å². The first-order valence-electron chi connectivity index (χ1n) is 11.2. The first kappa shape index (κ1) is 23.8. The highest BCUT2D eigenvalue weighted by Gasteiger charge is 2.61. The highest BCUT2D eigenvalue weighted by atomic mass is 19.3. The van der Waals surface area contributed by atoms with Crippen molar-refractivity contribution in [3.05, 3.63) is 29.3 Å². The van der Waals surface area contributed by atoms with Crippen molar-refractivity contribution in [1.29, 1.82) is 0 Å². The number of carbonyl (C=O) groups is 5. The SMILES string of the molecule is C[C@@H]1C[C@H](C[C@H](C(=O)C(=O)NC2CC2)c2cccc(C(N)=O)c2NC(=O)[C@H]2CC2(F)F)C(=O)N1. The van der Waals surface area contributed by atoms with E-state index in [1.165, 1.54) is 18.2 Å². The minimum atomic E-state index is -3.15. The lowest BCUT2D eigenvalue weighted by Gasteiger charge is -2.23. The van der Waals surface area contributed by atoms with Gasteiger partial charge in [0.25, 0.3) is 17.7 Å². The molecule has 182 valence electrons. The van der Waals surface area contributed by atoms with E-state index in [0.29, 0.717) is 6.42 Å². The summed E-state index contributed by atoms with van der Waals surface area (Å²) in [6.07, 6.45) is 1.25. The first-order chi connectivity index (χ1) is 16.0. The molecule has 0 bridgehead atoms. The van der Waals surface area contributed by atoms with Crippen molar-refractivity contribution < 1.29 is 32.8 Å². The minimum Gasteiger partial charge on any atom is -0.366 e. The fourth-order valence-electron chi connectivity index (χ4n) is 4.37. The first-order valence-corrected chi connectivity index (χ1v) is 11.2. The number of hydrogen-bond donors (Lipinski definition) is 4. The molecular formula is C23H26F2N4O5. The molecule has 9 nitrogen and oxygen atoms in total. The summed E-state index contributed by atoms with van der Waals surface area (Å²) in [6, 6.07) is 3.92. The van der Waals surface area contributed by atoms with Crippen molar-refractivity contribution in [2.75, 3.05) is 5.32 Å². The van der Waals surface area contributed by atoms with Crippen LogP contribution in [0.5, 0.6) is 0 Å². The number of para-hydroxylation sites is 1. The average molecular weight is 476 g/mol. The maximum absolute atomic E-state index is 13.5. The van der Waals surface area contributed by atoms with E-state index < -0.39 is 53.6 Å². The number of Topliss-reactive ketones (excluding diaryl/α,β-unsaturated/α-hetero) is 1. The van der Waals surface area contributed by atoms with Crippen molar-refractivity contribution in [3.63, 3.8) is 0 Å². The topological polar surface area (TPSA) is 147 Å². The van der Waals surface area contributed by atoms with Gasteiger partial charge in [-0.15, -0.1) is 0 Å². The van der Waals surface area contributed by atoms with Crippen molar-refractivity contribution >= 4 is 35.1 Å². The predicted molar refractivity (Wildman–Crippen MR) is 116 cm³/mol. The lowest BCUT2D eigenvalue weighted by atomic mass is 9.82. The molecule has 1 aliphatic heterocycles. The Labute approximate surface area is 194 Å². The highest BCUT2D eigenvalue weighted by molar-refractivity contribution is 6.38. The van der Waals surface area contributed by atoms with E-state index in [-0.39, 0.29) is 41.2 Å². The van der Waals surface area contributed by atoms with Gasteiger partial charge in [-0.05, 0) is 44.2 Å². The van der Waals surface area contributed by atoms with Gasteiger partial charge in [-0.25, -0.2) is 8.78 Å². The second-order valence-electron chi connectivity index (χ2n) is 9.38. The number of rotatable bonds is 9. The number of benzene rings is 1. The summed E-state index contributed by atoms with van der Waals surface area (Å²) in [7, 11) is 0. The molecule has 0 radical (unpaired) electrons. The number of nitrogens with two attached hydrogens (primary N) is 1. The Hall–Kier alpha value is -3.37. The summed E-state index contributed by atoms with van der Waals surface area (Å²) in [4.78, 5) is 62.8. The van der Waals surface area contributed by atoms with Crippen molar-refractivity contribution in [1.82, 2.24) is 10.6 Å². The van der Waals surface area contributed by atoms with Crippen LogP contribution in [0.15, 0.2) is 18.2 Å². The molecule has 0 unspecified atom stereocenters. The number of carbonyl (C=O) groups excluding carboxylic acids is 5. The Morgan fingerprint density at radius 1 is 1.24 bits per heavy atom. The number of halogens is 2. The summed E-state index contributed by atoms with van der Waals surface area (Å²) >= 11 is 0. The maximum atomic E-state index is 13.5. The quantitative estimate of drug-likeness (QED) is 0.396. The van der Waals surface area contributed by atoms with Gasteiger partial charge < -0.3 is 21.7 Å². The van der Waals surface area contributed by atoms with Crippen LogP contribution in [0.4, 0.5) is 14.5 Å². The van der Waals surface area contributed by atoms with Crippen LogP contribution < -0.4 is 21.7 Å². The lowest BCUT2D eigenvalue weighted by molar-refractivity contribution is -0.139. The monoisotopic (exact) mass is 476 g/mol. The molecule has 1 aromatic rings. The van der Waals surface area contributed by atoms with Gasteiger partial charge in [0.05, 0.1) is 17.2 Å². The smallest absolute Gasteiger partial charge is 0.288 e. The van der Waals surface area contributed by atoms with E-state index in [4.69, 9.17) is 5.73 Å². The van der Waals surface area contributed by atoms with Gasteiger partial charge in [0, 0.05) is 24.4 Å². The molecule has 3 aliphatic rings. The third-order valence-electron chi connectivity index (χ3n) is 6.50. The van der Waals surface area contributed by atoms with E-state index >= 15 is 0 Å². The Morgan fingerprint density at radius 3 is 2.44 bits per heavy atom. The van der Waals surface area contributed by atoms with Gasteiger partial charge in [-0.2, -0.15) is 0 Å². The molecule has 1 heterocycles. The zero-order valence-electron chi connectivity index (χ0n) is 18.5. The number of primary amides is 1. The molecule has 3 fully saturated rings. The zero-order valence-corrected chi connectivity index (χ0v) is 18.5. The molecule has 4 atom stereocenters. The fraction of sp³-hybridized carbons (Fsp3) is 0.522.